The molecule has 1 atom stereocenters. The third kappa shape index (κ3) is 7.15. The number of rotatable bonds is 10. The molecule has 0 heterocycles. The van der Waals surface area contributed by atoms with Gasteiger partial charge in [0.25, 0.3) is 0 Å². The highest BCUT2D eigenvalue weighted by Gasteiger charge is 2.25. The number of hydrogen-bond acceptors (Lipinski definition) is 5. The van der Waals surface area contributed by atoms with Crippen LogP contribution in [0.5, 0.6) is 0 Å². The van der Waals surface area contributed by atoms with Crippen molar-refractivity contribution in [1.82, 2.24) is 9.44 Å². The topological polar surface area (TPSA) is 130 Å². The quantitative estimate of drug-likeness (QED) is 0.377. The van der Waals surface area contributed by atoms with E-state index in [0.717, 1.165) is 4.47 Å². The predicted molar refractivity (Wildman–Crippen MR) is 114 cm³/mol. The molecule has 0 radical (unpaired) electrons. The molecule has 0 fully saturated rings. The van der Waals surface area contributed by atoms with Crippen molar-refractivity contribution in [2.24, 2.45) is 0 Å². The lowest BCUT2D eigenvalue weighted by Gasteiger charge is -2.15. The van der Waals surface area contributed by atoms with E-state index < -0.39 is 32.1 Å². The summed E-state index contributed by atoms with van der Waals surface area (Å²) in [6.07, 6.45) is 0.0313. The standard InChI is InChI=1S/C17H18Br2N2O6S2/c18-12-3-7-14(8-4-12)28(24,25)20-11-1-2-16(17(22)23)21-29(26,27)15-9-5-13(19)6-10-15/h3-10,16,20-21H,1-2,11H2,(H,22,23)/t16-/m0/s1. The normalized spacial score (nSPS) is 13.2. The molecule has 0 saturated heterocycles. The minimum atomic E-state index is -4.03. The van der Waals surface area contributed by atoms with Crippen LogP contribution in [-0.2, 0) is 24.8 Å². The summed E-state index contributed by atoms with van der Waals surface area (Å²) in [6, 6.07) is 10.4. The molecule has 0 bridgehead atoms. The molecule has 2 aromatic carbocycles. The van der Waals surface area contributed by atoms with Gasteiger partial charge in [-0.25, -0.2) is 21.6 Å². The van der Waals surface area contributed by atoms with E-state index in [4.69, 9.17) is 0 Å². The molecule has 29 heavy (non-hydrogen) atoms. The van der Waals surface area contributed by atoms with Crippen molar-refractivity contribution in [3.63, 3.8) is 0 Å². The van der Waals surface area contributed by atoms with Gasteiger partial charge in [-0.3, -0.25) is 4.79 Å². The molecule has 0 aliphatic rings. The first kappa shape index (κ1) is 24.0. The molecule has 0 aliphatic carbocycles. The average Bonchev–Trinajstić information content (AvgIpc) is 2.64. The van der Waals surface area contributed by atoms with Crippen LogP contribution in [0.3, 0.4) is 0 Å². The molecule has 0 amide bonds. The predicted octanol–water partition coefficient (Wildman–Crippen LogP) is 2.70. The molecular formula is C17H18Br2N2O6S2. The van der Waals surface area contributed by atoms with E-state index in [1.54, 1.807) is 12.1 Å². The Bertz CT molecular complexity index is 1060. The summed E-state index contributed by atoms with van der Waals surface area (Å²) in [6.45, 7) is -0.0395. The second-order valence-electron chi connectivity index (χ2n) is 5.96. The van der Waals surface area contributed by atoms with Gasteiger partial charge in [0.1, 0.15) is 6.04 Å². The molecule has 12 heteroatoms. The minimum absolute atomic E-state index is 0.0395. The van der Waals surface area contributed by atoms with E-state index >= 15 is 0 Å². The number of aliphatic carboxylic acids is 1. The lowest BCUT2D eigenvalue weighted by molar-refractivity contribution is -0.139. The van der Waals surface area contributed by atoms with Gasteiger partial charge in [0.15, 0.2) is 0 Å². The molecule has 0 aliphatic heterocycles. The Morgan fingerprint density at radius 2 is 1.31 bits per heavy atom. The van der Waals surface area contributed by atoms with Crippen molar-refractivity contribution < 1.29 is 26.7 Å². The average molecular weight is 570 g/mol. The fraction of sp³-hybridized carbons (Fsp3) is 0.235. The van der Waals surface area contributed by atoms with E-state index in [2.05, 4.69) is 41.3 Å². The van der Waals surface area contributed by atoms with Gasteiger partial charge in [0.2, 0.25) is 20.0 Å². The second kappa shape index (κ2) is 10.1. The monoisotopic (exact) mass is 568 g/mol. The number of halogens is 2. The second-order valence-corrected chi connectivity index (χ2v) is 11.3. The van der Waals surface area contributed by atoms with E-state index in [1.165, 1.54) is 36.4 Å². The maximum Gasteiger partial charge on any atom is 0.321 e. The highest BCUT2D eigenvalue weighted by molar-refractivity contribution is 9.10. The summed E-state index contributed by atoms with van der Waals surface area (Å²) in [5, 5.41) is 9.31. The summed E-state index contributed by atoms with van der Waals surface area (Å²) < 4.78 is 55.1. The van der Waals surface area contributed by atoms with Gasteiger partial charge in [-0.1, -0.05) is 31.9 Å². The van der Waals surface area contributed by atoms with Gasteiger partial charge in [-0.15, -0.1) is 0 Å². The molecule has 8 nitrogen and oxygen atoms in total. The van der Waals surface area contributed by atoms with Gasteiger partial charge >= 0.3 is 5.97 Å². The van der Waals surface area contributed by atoms with Crippen LogP contribution in [0.25, 0.3) is 0 Å². The molecule has 0 saturated carbocycles. The highest BCUT2D eigenvalue weighted by Crippen LogP contribution is 2.16. The summed E-state index contributed by atoms with van der Waals surface area (Å²) in [4.78, 5) is 11.4. The Morgan fingerprint density at radius 1 is 0.862 bits per heavy atom. The number of carboxylic acid groups (broad SMARTS) is 1. The zero-order chi connectivity index (χ0) is 21.7. The Hall–Kier alpha value is -1.31. The number of sulfonamides is 2. The van der Waals surface area contributed by atoms with Crippen LogP contribution < -0.4 is 9.44 Å². The highest BCUT2D eigenvalue weighted by atomic mass is 79.9. The molecule has 2 aromatic rings. The third-order valence-electron chi connectivity index (χ3n) is 3.81. The van der Waals surface area contributed by atoms with Gasteiger partial charge in [-0.05, 0) is 61.4 Å². The van der Waals surface area contributed by atoms with Crippen molar-refractivity contribution in [2.75, 3.05) is 6.54 Å². The molecule has 158 valence electrons. The molecule has 0 aromatic heterocycles. The largest absolute Gasteiger partial charge is 0.480 e. The van der Waals surface area contributed by atoms with E-state index in [1.807, 2.05) is 0 Å². The third-order valence-corrected chi connectivity index (χ3v) is 7.83. The van der Waals surface area contributed by atoms with Gasteiger partial charge < -0.3 is 5.11 Å². The summed E-state index contributed by atoms with van der Waals surface area (Å²) in [7, 11) is -7.77. The number of carbonyl (C=O) groups is 1. The van der Waals surface area contributed by atoms with Crippen molar-refractivity contribution in [3.8, 4) is 0 Å². The number of nitrogens with one attached hydrogen (secondary N) is 2. The van der Waals surface area contributed by atoms with Crippen LogP contribution >= 0.6 is 31.9 Å². The van der Waals surface area contributed by atoms with Crippen molar-refractivity contribution in [3.05, 3.63) is 57.5 Å². The van der Waals surface area contributed by atoms with Crippen LogP contribution in [0.1, 0.15) is 12.8 Å². The smallest absolute Gasteiger partial charge is 0.321 e. The molecule has 0 spiro atoms. The lowest BCUT2D eigenvalue weighted by Crippen LogP contribution is -2.41. The Kier molecular flexibility index (Phi) is 8.37. The Labute approximate surface area is 186 Å². The SMILES string of the molecule is O=C(O)[C@H](CCCNS(=O)(=O)c1ccc(Br)cc1)NS(=O)(=O)c1ccc(Br)cc1. The Balaban J connectivity index is 1.95. The van der Waals surface area contributed by atoms with Crippen LogP contribution in [0.2, 0.25) is 0 Å². The van der Waals surface area contributed by atoms with Crippen LogP contribution in [0.4, 0.5) is 0 Å². The molecule has 0 unspecified atom stereocenters. The van der Waals surface area contributed by atoms with Crippen LogP contribution in [-0.4, -0.2) is 40.5 Å². The van der Waals surface area contributed by atoms with E-state index in [0.29, 0.717) is 4.47 Å². The first-order valence-electron chi connectivity index (χ1n) is 8.27. The first-order chi connectivity index (χ1) is 13.5. The van der Waals surface area contributed by atoms with Gasteiger partial charge in [-0.2, -0.15) is 4.72 Å². The molecule has 3 N–H and O–H groups in total. The number of hydrogen-bond donors (Lipinski definition) is 3. The first-order valence-corrected chi connectivity index (χ1v) is 12.8. The van der Waals surface area contributed by atoms with E-state index in [-0.39, 0.29) is 29.2 Å². The van der Waals surface area contributed by atoms with Crippen molar-refractivity contribution >= 4 is 57.9 Å². The van der Waals surface area contributed by atoms with Crippen LogP contribution in [0.15, 0.2) is 67.3 Å². The maximum absolute atomic E-state index is 12.4. The zero-order valence-corrected chi connectivity index (χ0v) is 19.7. The molecular weight excluding hydrogens is 552 g/mol. The Morgan fingerprint density at radius 3 is 1.76 bits per heavy atom. The fourth-order valence-corrected chi connectivity index (χ4v) is 5.14. The van der Waals surface area contributed by atoms with Gasteiger partial charge in [0, 0.05) is 15.5 Å². The minimum Gasteiger partial charge on any atom is -0.480 e. The summed E-state index contributed by atoms with van der Waals surface area (Å²) in [5.41, 5.74) is 0. The van der Waals surface area contributed by atoms with Crippen molar-refractivity contribution in [2.45, 2.75) is 28.7 Å². The van der Waals surface area contributed by atoms with Gasteiger partial charge in [0.05, 0.1) is 9.79 Å². The zero-order valence-electron chi connectivity index (χ0n) is 14.9. The van der Waals surface area contributed by atoms with Crippen LogP contribution in [0, 0.1) is 0 Å². The molecule has 2 rings (SSSR count). The fourth-order valence-electron chi connectivity index (χ4n) is 2.31. The summed E-state index contributed by atoms with van der Waals surface area (Å²) >= 11 is 6.42. The maximum atomic E-state index is 12.4. The lowest BCUT2D eigenvalue weighted by atomic mass is 10.2. The van der Waals surface area contributed by atoms with E-state index in [9.17, 15) is 26.7 Å². The number of carboxylic acids is 1. The summed E-state index contributed by atoms with van der Waals surface area (Å²) in [5.74, 6) is -1.35. The van der Waals surface area contributed by atoms with Crippen molar-refractivity contribution in [1.29, 1.82) is 0 Å². The number of benzene rings is 2.